The van der Waals surface area contributed by atoms with Crippen molar-refractivity contribution in [3.8, 4) is 0 Å². The van der Waals surface area contributed by atoms with Crippen molar-refractivity contribution >= 4 is 5.91 Å². The average molecular weight is 153 g/mol. The Morgan fingerprint density at radius 3 is 2.36 bits per heavy atom. The van der Waals surface area contributed by atoms with Crippen LogP contribution in [-0.4, -0.2) is 5.91 Å². The number of nitrogens with one attached hydrogen (secondary N) is 1. The predicted molar refractivity (Wildman–Crippen MR) is 39.8 cm³/mol. The first kappa shape index (κ1) is 7.72. The molecule has 1 aromatic rings. The molecule has 0 aliphatic rings. The Morgan fingerprint density at radius 2 is 1.91 bits per heavy atom. The molecular weight excluding hydrogens is 145 g/mol. The minimum absolute atomic E-state index is 0.332. The molecule has 2 nitrogen and oxygen atoms in total. The first-order valence-corrected chi connectivity index (χ1v) is 3.21. The van der Waals surface area contributed by atoms with Gasteiger partial charge in [-0.3, -0.25) is 4.79 Å². The van der Waals surface area contributed by atoms with E-state index in [1.54, 1.807) is 24.3 Å². The Morgan fingerprint density at radius 1 is 1.36 bits per heavy atom. The van der Waals surface area contributed by atoms with Gasteiger partial charge in [0.15, 0.2) is 0 Å². The first-order valence-electron chi connectivity index (χ1n) is 3.21. The SMILES string of the molecule is Cc1ccc(C(=O)NF)cc1. The topological polar surface area (TPSA) is 29.1 Å². The maximum absolute atomic E-state index is 11.6. The average Bonchev–Trinajstić information content (AvgIpc) is 2.05. The Kier molecular flexibility index (Phi) is 2.21. The van der Waals surface area contributed by atoms with Gasteiger partial charge in [0, 0.05) is 5.56 Å². The van der Waals surface area contributed by atoms with E-state index < -0.39 is 5.91 Å². The van der Waals surface area contributed by atoms with Gasteiger partial charge in [-0.05, 0) is 19.1 Å². The lowest BCUT2D eigenvalue weighted by atomic mass is 10.1. The van der Waals surface area contributed by atoms with Crippen molar-refractivity contribution in [1.82, 2.24) is 5.54 Å². The molecule has 0 aliphatic carbocycles. The molecule has 0 radical (unpaired) electrons. The van der Waals surface area contributed by atoms with Crippen LogP contribution in [0.25, 0.3) is 0 Å². The molecule has 0 aromatic heterocycles. The van der Waals surface area contributed by atoms with Crippen LogP contribution in [0.5, 0.6) is 0 Å². The highest BCUT2D eigenvalue weighted by Crippen LogP contribution is 2.02. The van der Waals surface area contributed by atoms with Gasteiger partial charge >= 0.3 is 0 Å². The number of aryl methyl sites for hydroxylation is 1. The maximum atomic E-state index is 11.6. The van der Waals surface area contributed by atoms with E-state index in [0.29, 0.717) is 5.56 Å². The lowest BCUT2D eigenvalue weighted by Gasteiger charge is -1.96. The predicted octanol–water partition coefficient (Wildman–Crippen LogP) is 1.61. The van der Waals surface area contributed by atoms with Crippen LogP contribution in [0.3, 0.4) is 0 Å². The number of hydrogen-bond acceptors (Lipinski definition) is 1. The third-order valence-corrected chi connectivity index (χ3v) is 1.40. The van der Waals surface area contributed by atoms with Crippen LogP contribution < -0.4 is 5.54 Å². The number of hydrogen-bond donors (Lipinski definition) is 1. The summed E-state index contributed by atoms with van der Waals surface area (Å²) in [5.41, 5.74) is 2.44. The van der Waals surface area contributed by atoms with E-state index in [-0.39, 0.29) is 0 Å². The van der Waals surface area contributed by atoms with E-state index in [9.17, 15) is 9.28 Å². The summed E-state index contributed by atoms with van der Waals surface area (Å²) in [6.07, 6.45) is 0. The van der Waals surface area contributed by atoms with Crippen LogP contribution in [0, 0.1) is 6.92 Å². The van der Waals surface area contributed by atoms with Crippen molar-refractivity contribution in [2.75, 3.05) is 0 Å². The molecule has 3 heteroatoms. The van der Waals surface area contributed by atoms with E-state index >= 15 is 0 Å². The van der Waals surface area contributed by atoms with E-state index in [4.69, 9.17) is 0 Å². The summed E-state index contributed by atoms with van der Waals surface area (Å²) in [6, 6.07) is 6.66. The lowest BCUT2D eigenvalue weighted by Crippen LogP contribution is -2.13. The molecule has 11 heavy (non-hydrogen) atoms. The summed E-state index contributed by atoms with van der Waals surface area (Å²) in [4.78, 5) is 10.6. The number of benzene rings is 1. The second-order valence-electron chi connectivity index (χ2n) is 2.29. The van der Waals surface area contributed by atoms with E-state index in [0.717, 1.165) is 11.1 Å². The molecule has 0 heterocycles. The van der Waals surface area contributed by atoms with Gasteiger partial charge in [-0.15, -0.1) is 0 Å². The largest absolute Gasteiger partial charge is 0.278 e. The quantitative estimate of drug-likeness (QED) is 0.610. The molecule has 0 unspecified atom stereocenters. The molecule has 58 valence electrons. The fraction of sp³-hybridized carbons (Fsp3) is 0.125. The van der Waals surface area contributed by atoms with Gasteiger partial charge < -0.3 is 0 Å². The van der Waals surface area contributed by atoms with Crippen molar-refractivity contribution in [3.05, 3.63) is 35.4 Å². The normalized spacial score (nSPS) is 9.27. The zero-order valence-electron chi connectivity index (χ0n) is 6.10. The van der Waals surface area contributed by atoms with Gasteiger partial charge in [0.1, 0.15) is 0 Å². The fourth-order valence-electron chi connectivity index (χ4n) is 0.759. The van der Waals surface area contributed by atoms with Gasteiger partial charge in [-0.2, -0.15) is 5.54 Å². The Hall–Kier alpha value is -1.38. The highest BCUT2D eigenvalue weighted by atomic mass is 19.2. The fourth-order valence-corrected chi connectivity index (χ4v) is 0.759. The molecule has 0 fully saturated rings. The van der Waals surface area contributed by atoms with Crippen molar-refractivity contribution < 1.29 is 9.28 Å². The summed E-state index contributed by atoms with van der Waals surface area (Å²) in [7, 11) is 0. The van der Waals surface area contributed by atoms with Gasteiger partial charge in [-0.25, -0.2) is 0 Å². The summed E-state index contributed by atoms with van der Waals surface area (Å²) in [6.45, 7) is 1.90. The van der Waals surface area contributed by atoms with Crippen molar-refractivity contribution in [1.29, 1.82) is 0 Å². The molecule has 1 amide bonds. The molecule has 0 saturated carbocycles. The monoisotopic (exact) mass is 153 g/mol. The third kappa shape index (κ3) is 1.77. The Balaban J connectivity index is 2.90. The maximum Gasteiger partial charge on any atom is 0.278 e. The van der Waals surface area contributed by atoms with Crippen LogP contribution in [0.15, 0.2) is 24.3 Å². The lowest BCUT2D eigenvalue weighted by molar-refractivity contribution is 0.0859. The number of carbonyl (C=O) groups is 1. The molecule has 0 spiro atoms. The van der Waals surface area contributed by atoms with Gasteiger partial charge in [-0.1, -0.05) is 22.2 Å². The number of carbonyl (C=O) groups excluding carboxylic acids is 1. The second-order valence-corrected chi connectivity index (χ2v) is 2.29. The zero-order valence-corrected chi connectivity index (χ0v) is 6.10. The van der Waals surface area contributed by atoms with E-state index in [1.165, 1.54) is 0 Å². The number of halogens is 1. The number of rotatable bonds is 1. The minimum Gasteiger partial charge on any atom is -0.267 e. The van der Waals surface area contributed by atoms with Gasteiger partial charge in [0.25, 0.3) is 5.91 Å². The second kappa shape index (κ2) is 3.14. The summed E-state index contributed by atoms with van der Waals surface area (Å²) >= 11 is 0. The Bertz CT molecular complexity index is 255. The highest BCUT2D eigenvalue weighted by molar-refractivity contribution is 5.93. The summed E-state index contributed by atoms with van der Waals surface area (Å²) < 4.78 is 11.6. The van der Waals surface area contributed by atoms with Gasteiger partial charge in [0.2, 0.25) is 0 Å². The number of amides is 1. The third-order valence-electron chi connectivity index (χ3n) is 1.40. The summed E-state index contributed by atoms with van der Waals surface area (Å²) in [5, 5.41) is 0. The van der Waals surface area contributed by atoms with E-state index in [2.05, 4.69) is 0 Å². The highest BCUT2D eigenvalue weighted by Gasteiger charge is 2.01. The molecule has 1 rings (SSSR count). The molecule has 0 aliphatic heterocycles. The zero-order chi connectivity index (χ0) is 8.27. The molecular formula is C8H8FNO. The van der Waals surface area contributed by atoms with Crippen LogP contribution >= 0.6 is 0 Å². The standard InChI is InChI=1S/C8H8FNO/c1-6-2-4-7(5-3-6)8(11)10-9/h2-5H,1H3,(H,10,11). The molecule has 0 atom stereocenters. The molecule has 0 saturated heterocycles. The first-order chi connectivity index (χ1) is 5.24. The van der Waals surface area contributed by atoms with Crippen LogP contribution in [0.4, 0.5) is 4.48 Å². The van der Waals surface area contributed by atoms with Crippen molar-refractivity contribution in [3.63, 3.8) is 0 Å². The van der Waals surface area contributed by atoms with Crippen LogP contribution in [-0.2, 0) is 0 Å². The van der Waals surface area contributed by atoms with E-state index in [1.807, 2.05) is 6.92 Å². The van der Waals surface area contributed by atoms with Crippen molar-refractivity contribution in [2.24, 2.45) is 0 Å². The molecule has 1 N–H and O–H groups in total. The summed E-state index contributed by atoms with van der Waals surface area (Å²) in [5.74, 6) is -0.704. The van der Waals surface area contributed by atoms with Crippen LogP contribution in [0.1, 0.15) is 15.9 Å². The smallest absolute Gasteiger partial charge is 0.267 e. The Labute approximate surface area is 64.0 Å². The van der Waals surface area contributed by atoms with Crippen LogP contribution in [0.2, 0.25) is 0 Å². The van der Waals surface area contributed by atoms with Gasteiger partial charge in [0.05, 0.1) is 0 Å². The molecule has 0 bridgehead atoms. The minimum atomic E-state index is -0.704. The van der Waals surface area contributed by atoms with Crippen molar-refractivity contribution in [2.45, 2.75) is 6.92 Å². The molecule has 1 aromatic carbocycles.